The van der Waals surface area contributed by atoms with Gasteiger partial charge in [-0.3, -0.25) is 19.7 Å². The smallest absolute Gasteiger partial charge is 0.326 e. The number of nitrogens with zero attached hydrogens (tertiary/aromatic N) is 4. The number of halogens is 1. The van der Waals surface area contributed by atoms with E-state index >= 15 is 0 Å². The van der Waals surface area contributed by atoms with Gasteiger partial charge in [-0.15, -0.1) is 0 Å². The molecule has 0 N–H and O–H groups in total. The summed E-state index contributed by atoms with van der Waals surface area (Å²) in [5, 5.41) is 12.6. The van der Waals surface area contributed by atoms with Crippen LogP contribution < -0.4 is 4.90 Å². The zero-order valence-electron chi connectivity index (χ0n) is 21.3. The Bertz CT molecular complexity index is 1530. The topological polar surface area (TPSA) is 116 Å². The van der Waals surface area contributed by atoms with Crippen molar-refractivity contribution in [2.45, 2.75) is 25.3 Å². The average molecular weight is 549 g/mol. The van der Waals surface area contributed by atoms with Crippen LogP contribution in [0.25, 0.3) is 22.3 Å². The van der Waals surface area contributed by atoms with Gasteiger partial charge in [-0.25, -0.2) is 14.4 Å². The van der Waals surface area contributed by atoms with Crippen molar-refractivity contribution in [3.63, 3.8) is 0 Å². The monoisotopic (exact) mass is 548 g/mol. The third kappa shape index (κ3) is 6.55. The molecule has 0 saturated carbocycles. The van der Waals surface area contributed by atoms with E-state index in [1.807, 2.05) is 25.1 Å². The Morgan fingerprint density at radius 3 is 2.49 bits per heavy atom. The number of rotatable bonds is 10. The molecule has 0 aliphatic heterocycles. The van der Waals surface area contributed by atoms with Crippen LogP contribution in [0.4, 0.5) is 15.8 Å². The molecule has 0 unspecified atom stereocenters. The van der Waals surface area contributed by atoms with Crippen LogP contribution in [0.2, 0.25) is 0 Å². The second-order valence-corrected chi connectivity index (χ2v) is 9.34. The van der Waals surface area contributed by atoms with E-state index in [2.05, 4.69) is 4.98 Å². The Labute approximate surface area is 228 Å². The molecule has 1 heterocycles. The number of carbonyl (C=O) groups is 2. The average Bonchev–Trinajstić information content (AvgIpc) is 2.94. The molecule has 11 heteroatoms. The number of nitro groups is 1. The molecule has 9 nitrogen and oxygen atoms in total. The van der Waals surface area contributed by atoms with Crippen LogP contribution in [0, 0.1) is 15.9 Å². The highest BCUT2D eigenvalue weighted by atomic mass is 32.2. The molecule has 0 saturated heterocycles. The highest BCUT2D eigenvalue weighted by molar-refractivity contribution is 8.00. The second-order valence-electron chi connectivity index (χ2n) is 8.38. The van der Waals surface area contributed by atoms with Crippen LogP contribution in [0.3, 0.4) is 0 Å². The number of benzene rings is 3. The summed E-state index contributed by atoms with van der Waals surface area (Å²) >= 11 is 1.16. The molecule has 0 fully saturated rings. The number of amides is 1. The summed E-state index contributed by atoms with van der Waals surface area (Å²) in [4.78, 5) is 47.0. The van der Waals surface area contributed by atoms with Gasteiger partial charge in [0.25, 0.3) is 5.69 Å². The molecule has 0 radical (unpaired) electrons. The lowest BCUT2D eigenvalue weighted by atomic mass is 10.1. The zero-order chi connectivity index (χ0) is 27.9. The van der Waals surface area contributed by atoms with Gasteiger partial charge in [0.15, 0.2) is 5.82 Å². The van der Waals surface area contributed by atoms with Crippen molar-refractivity contribution in [1.29, 1.82) is 0 Å². The lowest BCUT2D eigenvalue weighted by Gasteiger charge is -2.22. The van der Waals surface area contributed by atoms with E-state index in [9.17, 15) is 24.1 Å². The van der Waals surface area contributed by atoms with Crippen molar-refractivity contribution in [1.82, 2.24) is 9.97 Å². The number of non-ortho nitro benzene ring substituents is 1. The van der Waals surface area contributed by atoms with Crippen LogP contribution >= 0.6 is 11.8 Å². The van der Waals surface area contributed by atoms with E-state index in [4.69, 9.17) is 9.72 Å². The zero-order valence-corrected chi connectivity index (χ0v) is 22.1. The number of fused-ring (bicyclic) bond motifs is 1. The Kier molecular flexibility index (Phi) is 8.82. The fraction of sp³-hybridized carbons (Fsp3) is 0.214. The van der Waals surface area contributed by atoms with Crippen molar-refractivity contribution < 1.29 is 23.6 Å². The maximum absolute atomic E-state index is 13.5. The number of anilines is 1. The highest BCUT2D eigenvalue weighted by Gasteiger charge is 2.23. The van der Waals surface area contributed by atoms with E-state index in [-0.39, 0.29) is 29.6 Å². The predicted molar refractivity (Wildman–Crippen MR) is 147 cm³/mol. The van der Waals surface area contributed by atoms with Gasteiger partial charge in [0.05, 0.1) is 28.5 Å². The van der Waals surface area contributed by atoms with Crippen molar-refractivity contribution in [2.24, 2.45) is 0 Å². The van der Waals surface area contributed by atoms with Crippen LogP contribution in [0.15, 0.2) is 71.8 Å². The number of aromatic nitrogens is 2. The second kappa shape index (κ2) is 12.4. The standard InChI is InChI=1S/C28H25FN4O5S/c1-3-18-7-5-10-23-26(18)30-27(19-11-13-20(29)14-12-19)31-28(23)39-17-24(34)32(16-25(35)38-4-2)21-8-6-9-22(15-21)33(36)37/h5-15H,3-4,16-17H2,1-2H3. The number of thioether (sulfide) groups is 1. The lowest BCUT2D eigenvalue weighted by Crippen LogP contribution is -2.37. The predicted octanol–water partition coefficient (Wildman–Crippen LogP) is 5.59. The van der Waals surface area contributed by atoms with Gasteiger partial charge in [-0.2, -0.15) is 0 Å². The maximum atomic E-state index is 13.5. The molecule has 3 aromatic carbocycles. The molecule has 1 amide bonds. The molecule has 200 valence electrons. The normalized spacial score (nSPS) is 10.8. The molecule has 39 heavy (non-hydrogen) atoms. The van der Waals surface area contributed by atoms with Crippen LogP contribution in [0.1, 0.15) is 19.4 Å². The minimum absolute atomic E-state index is 0.118. The molecule has 0 aliphatic carbocycles. The number of hydrogen-bond donors (Lipinski definition) is 0. The number of aryl methyl sites for hydroxylation is 1. The minimum Gasteiger partial charge on any atom is -0.465 e. The van der Waals surface area contributed by atoms with Crippen molar-refractivity contribution in [3.05, 3.63) is 88.2 Å². The number of ether oxygens (including phenoxy) is 1. The van der Waals surface area contributed by atoms with E-state index in [1.54, 1.807) is 19.1 Å². The van der Waals surface area contributed by atoms with E-state index in [0.717, 1.165) is 34.6 Å². The fourth-order valence-electron chi connectivity index (χ4n) is 3.95. The SMILES string of the molecule is CCOC(=O)CN(C(=O)CSc1nc(-c2ccc(F)cc2)nc2c(CC)cccc12)c1cccc([N+](=O)[O-])c1. The third-order valence-electron chi connectivity index (χ3n) is 5.84. The Morgan fingerprint density at radius 1 is 1.05 bits per heavy atom. The van der Waals surface area contributed by atoms with Gasteiger partial charge in [-0.05, 0) is 49.2 Å². The summed E-state index contributed by atoms with van der Waals surface area (Å²) < 4.78 is 18.5. The Balaban J connectivity index is 1.69. The summed E-state index contributed by atoms with van der Waals surface area (Å²) in [6.07, 6.45) is 0.723. The first-order valence-electron chi connectivity index (χ1n) is 12.2. The third-order valence-corrected chi connectivity index (χ3v) is 6.81. The molecular weight excluding hydrogens is 523 g/mol. The summed E-state index contributed by atoms with van der Waals surface area (Å²) in [5.74, 6) is -1.21. The number of hydrogen-bond acceptors (Lipinski definition) is 8. The largest absolute Gasteiger partial charge is 0.465 e. The molecule has 0 atom stereocenters. The van der Waals surface area contributed by atoms with Gasteiger partial charge in [-0.1, -0.05) is 43.0 Å². The van der Waals surface area contributed by atoms with E-state index < -0.39 is 23.3 Å². The van der Waals surface area contributed by atoms with Crippen LogP contribution in [-0.2, 0) is 20.7 Å². The van der Waals surface area contributed by atoms with Crippen molar-refractivity contribution in [2.75, 3.05) is 23.8 Å². The first-order chi connectivity index (χ1) is 18.8. The van der Waals surface area contributed by atoms with Gasteiger partial charge >= 0.3 is 5.97 Å². The summed E-state index contributed by atoms with van der Waals surface area (Å²) in [7, 11) is 0. The van der Waals surface area contributed by atoms with Crippen LogP contribution in [0.5, 0.6) is 0 Å². The Hall–Kier alpha value is -4.38. The quantitative estimate of drug-likeness (QED) is 0.0827. The number of esters is 1. The molecule has 0 spiro atoms. The molecule has 0 aliphatic rings. The summed E-state index contributed by atoms with van der Waals surface area (Å²) in [5.41, 5.74) is 2.34. The van der Waals surface area contributed by atoms with Gasteiger partial charge in [0.1, 0.15) is 17.4 Å². The van der Waals surface area contributed by atoms with Crippen LogP contribution in [-0.4, -0.2) is 45.7 Å². The fourth-order valence-corrected chi connectivity index (χ4v) is 4.84. The van der Waals surface area contributed by atoms with Crippen molar-refractivity contribution >= 4 is 45.9 Å². The van der Waals surface area contributed by atoms with E-state index in [1.165, 1.54) is 41.3 Å². The molecule has 4 aromatic rings. The van der Waals surface area contributed by atoms with Gasteiger partial charge in [0.2, 0.25) is 5.91 Å². The van der Waals surface area contributed by atoms with Gasteiger partial charge < -0.3 is 9.64 Å². The number of carbonyl (C=O) groups excluding carboxylic acids is 2. The summed E-state index contributed by atoms with van der Waals surface area (Å²) in [6, 6.07) is 17.1. The summed E-state index contributed by atoms with van der Waals surface area (Å²) in [6.45, 7) is 3.39. The first-order valence-corrected chi connectivity index (χ1v) is 13.2. The van der Waals surface area contributed by atoms with Gasteiger partial charge in [0, 0.05) is 23.1 Å². The number of para-hydroxylation sites is 1. The molecule has 4 rings (SSSR count). The molecule has 0 bridgehead atoms. The molecule has 1 aromatic heterocycles. The maximum Gasteiger partial charge on any atom is 0.326 e. The van der Waals surface area contributed by atoms with Crippen molar-refractivity contribution in [3.8, 4) is 11.4 Å². The Morgan fingerprint density at radius 2 is 1.79 bits per heavy atom. The number of nitro benzene ring substituents is 1. The first kappa shape index (κ1) is 27.6. The van der Waals surface area contributed by atoms with E-state index in [0.29, 0.717) is 16.4 Å². The lowest BCUT2D eigenvalue weighted by molar-refractivity contribution is -0.384. The molecular formula is C28H25FN4O5S. The highest BCUT2D eigenvalue weighted by Crippen LogP contribution is 2.31. The minimum atomic E-state index is -0.638.